The molecule has 3 unspecified atom stereocenters. The van der Waals surface area contributed by atoms with Crippen LogP contribution >= 0.6 is 0 Å². The minimum Gasteiger partial charge on any atom is -0.377 e. The predicted octanol–water partition coefficient (Wildman–Crippen LogP) is 1.63. The Balaban J connectivity index is 1.60. The third kappa shape index (κ3) is 2.51. The number of rotatable bonds is 3. The van der Waals surface area contributed by atoms with Crippen molar-refractivity contribution in [2.45, 2.75) is 57.2 Å². The Kier molecular flexibility index (Phi) is 3.18. The zero-order valence-electron chi connectivity index (χ0n) is 11.2. The van der Waals surface area contributed by atoms with E-state index in [0.29, 0.717) is 17.7 Å². The van der Waals surface area contributed by atoms with E-state index in [9.17, 15) is 0 Å². The van der Waals surface area contributed by atoms with Gasteiger partial charge in [-0.15, -0.1) is 0 Å². The standard InChI is InChI=1S/C14H26N2O/c1-11-8-15-14(2,12-5-6-12)10-16(11)9-13-4-3-7-17-13/h11-13,15H,3-10H2,1-2H3. The van der Waals surface area contributed by atoms with Crippen molar-refractivity contribution in [3.63, 3.8) is 0 Å². The zero-order chi connectivity index (χ0) is 11.9. The second-order valence-corrected chi connectivity index (χ2v) is 6.49. The third-order valence-electron chi connectivity index (χ3n) is 4.90. The summed E-state index contributed by atoms with van der Waals surface area (Å²) in [6.45, 7) is 9.22. The summed E-state index contributed by atoms with van der Waals surface area (Å²) in [5.74, 6) is 0.919. The number of piperazine rings is 1. The second kappa shape index (κ2) is 4.52. The molecule has 1 saturated carbocycles. The highest BCUT2D eigenvalue weighted by molar-refractivity contribution is 5.03. The van der Waals surface area contributed by atoms with Crippen LogP contribution in [0.5, 0.6) is 0 Å². The SMILES string of the molecule is CC1CNC(C)(C2CC2)CN1CC1CCCO1. The molecule has 0 radical (unpaired) electrons. The van der Waals surface area contributed by atoms with E-state index >= 15 is 0 Å². The van der Waals surface area contributed by atoms with Crippen LogP contribution in [0.4, 0.5) is 0 Å². The Morgan fingerprint density at radius 2 is 2.18 bits per heavy atom. The predicted molar refractivity (Wildman–Crippen MR) is 69.1 cm³/mol. The van der Waals surface area contributed by atoms with Gasteiger partial charge in [0.1, 0.15) is 0 Å². The molecule has 0 aromatic heterocycles. The molecule has 0 spiro atoms. The molecular weight excluding hydrogens is 212 g/mol. The van der Waals surface area contributed by atoms with Crippen molar-refractivity contribution >= 4 is 0 Å². The quantitative estimate of drug-likeness (QED) is 0.809. The van der Waals surface area contributed by atoms with Crippen LogP contribution in [0.1, 0.15) is 39.5 Å². The molecule has 98 valence electrons. The van der Waals surface area contributed by atoms with Crippen molar-refractivity contribution in [1.29, 1.82) is 0 Å². The highest BCUT2D eigenvalue weighted by atomic mass is 16.5. The lowest BCUT2D eigenvalue weighted by Crippen LogP contribution is -2.64. The largest absolute Gasteiger partial charge is 0.377 e. The maximum absolute atomic E-state index is 5.79. The molecule has 3 fully saturated rings. The molecule has 0 aromatic rings. The van der Waals surface area contributed by atoms with Crippen LogP contribution in [0.2, 0.25) is 0 Å². The van der Waals surface area contributed by atoms with Gasteiger partial charge in [-0.05, 0) is 45.4 Å². The summed E-state index contributed by atoms with van der Waals surface area (Å²) >= 11 is 0. The van der Waals surface area contributed by atoms with E-state index in [-0.39, 0.29) is 0 Å². The van der Waals surface area contributed by atoms with Crippen molar-refractivity contribution in [3.8, 4) is 0 Å². The minimum atomic E-state index is 0.366. The summed E-state index contributed by atoms with van der Waals surface area (Å²) in [6.07, 6.45) is 5.86. The molecule has 3 nitrogen and oxygen atoms in total. The summed E-state index contributed by atoms with van der Waals surface area (Å²) in [5, 5.41) is 3.78. The van der Waals surface area contributed by atoms with Gasteiger partial charge >= 0.3 is 0 Å². The molecule has 3 rings (SSSR count). The highest BCUT2D eigenvalue weighted by Crippen LogP contribution is 2.41. The van der Waals surface area contributed by atoms with E-state index in [0.717, 1.165) is 25.6 Å². The number of hydrogen-bond donors (Lipinski definition) is 1. The van der Waals surface area contributed by atoms with Gasteiger partial charge in [-0.2, -0.15) is 0 Å². The van der Waals surface area contributed by atoms with Crippen molar-refractivity contribution in [2.75, 3.05) is 26.2 Å². The minimum absolute atomic E-state index is 0.366. The summed E-state index contributed by atoms with van der Waals surface area (Å²) in [5.41, 5.74) is 0.366. The van der Waals surface area contributed by atoms with Gasteiger partial charge in [-0.3, -0.25) is 4.90 Å². The van der Waals surface area contributed by atoms with Gasteiger partial charge < -0.3 is 10.1 Å². The van der Waals surface area contributed by atoms with Gasteiger partial charge in [-0.1, -0.05) is 0 Å². The summed E-state index contributed by atoms with van der Waals surface area (Å²) in [4.78, 5) is 2.66. The van der Waals surface area contributed by atoms with Gasteiger partial charge in [0.2, 0.25) is 0 Å². The first-order chi connectivity index (χ1) is 8.17. The van der Waals surface area contributed by atoms with Crippen LogP contribution in [0.15, 0.2) is 0 Å². The molecular formula is C14H26N2O. The van der Waals surface area contributed by atoms with Gasteiger partial charge in [0.25, 0.3) is 0 Å². The Hall–Kier alpha value is -0.120. The van der Waals surface area contributed by atoms with Gasteiger partial charge in [0, 0.05) is 37.8 Å². The Labute approximate surface area is 105 Å². The first-order valence-corrected chi connectivity index (χ1v) is 7.28. The maximum atomic E-state index is 5.79. The van der Waals surface area contributed by atoms with Crippen LogP contribution < -0.4 is 5.32 Å². The average molecular weight is 238 g/mol. The van der Waals surface area contributed by atoms with Crippen LogP contribution in [0.3, 0.4) is 0 Å². The molecule has 0 amide bonds. The molecule has 3 heteroatoms. The van der Waals surface area contributed by atoms with E-state index in [1.54, 1.807) is 0 Å². The van der Waals surface area contributed by atoms with Crippen LogP contribution in [0, 0.1) is 5.92 Å². The van der Waals surface area contributed by atoms with Gasteiger partial charge in [0.15, 0.2) is 0 Å². The van der Waals surface area contributed by atoms with Crippen LogP contribution in [-0.4, -0.2) is 48.8 Å². The molecule has 2 saturated heterocycles. The summed E-state index contributed by atoms with van der Waals surface area (Å²) in [6, 6.07) is 0.658. The first kappa shape index (κ1) is 11.9. The van der Waals surface area contributed by atoms with E-state index in [1.165, 1.54) is 32.2 Å². The fraction of sp³-hybridized carbons (Fsp3) is 1.00. The molecule has 1 aliphatic carbocycles. The van der Waals surface area contributed by atoms with E-state index < -0.39 is 0 Å². The van der Waals surface area contributed by atoms with Crippen molar-refractivity contribution in [2.24, 2.45) is 5.92 Å². The lowest BCUT2D eigenvalue weighted by molar-refractivity contribution is 0.0229. The Morgan fingerprint density at radius 1 is 1.35 bits per heavy atom. The number of hydrogen-bond acceptors (Lipinski definition) is 3. The van der Waals surface area contributed by atoms with E-state index in [4.69, 9.17) is 4.74 Å². The number of nitrogens with zero attached hydrogens (tertiary/aromatic N) is 1. The van der Waals surface area contributed by atoms with Gasteiger partial charge in [-0.25, -0.2) is 0 Å². The number of ether oxygens (including phenoxy) is 1. The molecule has 0 aromatic carbocycles. The molecule has 2 aliphatic heterocycles. The van der Waals surface area contributed by atoms with Crippen LogP contribution in [-0.2, 0) is 4.74 Å². The summed E-state index contributed by atoms with van der Waals surface area (Å²) in [7, 11) is 0. The lowest BCUT2D eigenvalue weighted by Gasteiger charge is -2.46. The maximum Gasteiger partial charge on any atom is 0.0702 e. The topological polar surface area (TPSA) is 24.5 Å². The fourth-order valence-electron chi connectivity index (χ4n) is 3.43. The van der Waals surface area contributed by atoms with E-state index in [2.05, 4.69) is 24.1 Å². The summed E-state index contributed by atoms with van der Waals surface area (Å²) < 4.78 is 5.79. The first-order valence-electron chi connectivity index (χ1n) is 7.28. The molecule has 3 atom stereocenters. The zero-order valence-corrected chi connectivity index (χ0v) is 11.2. The Morgan fingerprint density at radius 3 is 2.82 bits per heavy atom. The molecule has 1 N–H and O–H groups in total. The van der Waals surface area contributed by atoms with Crippen molar-refractivity contribution < 1.29 is 4.74 Å². The second-order valence-electron chi connectivity index (χ2n) is 6.49. The monoisotopic (exact) mass is 238 g/mol. The molecule has 2 heterocycles. The molecule has 0 bridgehead atoms. The average Bonchev–Trinajstić information content (AvgIpc) is 3.05. The van der Waals surface area contributed by atoms with Crippen molar-refractivity contribution in [1.82, 2.24) is 10.2 Å². The third-order valence-corrected chi connectivity index (χ3v) is 4.90. The van der Waals surface area contributed by atoms with E-state index in [1.807, 2.05) is 0 Å². The lowest BCUT2D eigenvalue weighted by atomic mass is 9.91. The fourth-order valence-corrected chi connectivity index (χ4v) is 3.43. The molecule has 17 heavy (non-hydrogen) atoms. The Bertz CT molecular complexity index is 273. The van der Waals surface area contributed by atoms with Crippen LogP contribution in [0.25, 0.3) is 0 Å². The van der Waals surface area contributed by atoms with Gasteiger partial charge in [0.05, 0.1) is 6.10 Å². The smallest absolute Gasteiger partial charge is 0.0702 e. The number of nitrogens with one attached hydrogen (secondary N) is 1. The molecule has 3 aliphatic rings. The normalized spacial score (nSPS) is 44.1. The highest BCUT2D eigenvalue weighted by Gasteiger charge is 2.45. The van der Waals surface area contributed by atoms with Crippen molar-refractivity contribution in [3.05, 3.63) is 0 Å².